The minimum absolute atomic E-state index is 0.278. The summed E-state index contributed by atoms with van der Waals surface area (Å²) in [6, 6.07) is 0. The van der Waals surface area contributed by atoms with E-state index in [0.717, 1.165) is 6.42 Å². The number of allylic oxidation sites excluding steroid dienone is 1. The van der Waals surface area contributed by atoms with Crippen LogP contribution in [0, 0.1) is 11.8 Å². The van der Waals surface area contributed by atoms with Gasteiger partial charge in [0, 0.05) is 0 Å². The van der Waals surface area contributed by atoms with E-state index >= 15 is 0 Å². The van der Waals surface area contributed by atoms with E-state index in [9.17, 15) is 9.59 Å². The summed E-state index contributed by atoms with van der Waals surface area (Å²) in [4.78, 5) is 27.4. The number of rotatable bonds is 1. The fourth-order valence-electron chi connectivity index (χ4n) is 1.52. The van der Waals surface area contributed by atoms with Gasteiger partial charge in [0.25, 0.3) is 0 Å². The second kappa shape index (κ2) is 5.21. The van der Waals surface area contributed by atoms with Crippen LogP contribution < -0.4 is 5.48 Å². The normalized spacial score (nSPS) is 23.3. The average molecular weight is 241 g/mol. The summed E-state index contributed by atoms with van der Waals surface area (Å²) in [6.45, 7) is 7.21. The Labute approximate surface area is 101 Å². The molecule has 1 amide bonds. The monoisotopic (exact) mass is 241 g/mol. The zero-order valence-electron chi connectivity index (χ0n) is 10.6. The van der Waals surface area contributed by atoms with Crippen molar-refractivity contribution in [3.63, 3.8) is 0 Å². The molecule has 0 radical (unpaired) electrons. The van der Waals surface area contributed by atoms with E-state index in [1.165, 1.54) is 0 Å². The van der Waals surface area contributed by atoms with Gasteiger partial charge in [0.15, 0.2) is 0 Å². The molecule has 0 spiro atoms. The highest BCUT2D eigenvalue weighted by Crippen LogP contribution is 2.23. The van der Waals surface area contributed by atoms with Crippen molar-refractivity contribution in [1.82, 2.24) is 5.48 Å². The van der Waals surface area contributed by atoms with Gasteiger partial charge in [-0.1, -0.05) is 19.1 Å². The van der Waals surface area contributed by atoms with E-state index < -0.39 is 17.7 Å². The van der Waals surface area contributed by atoms with Gasteiger partial charge in [0.1, 0.15) is 5.60 Å². The topological polar surface area (TPSA) is 64.6 Å². The Kier molecular flexibility index (Phi) is 4.15. The zero-order valence-corrected chi connectivity index (χ0v) is 10.6. The maximum Gasteiger partial charge on any atom is 0.441 e. The number of hydroxylamine groups is 1. The van der Waals surface area contributed by atoms with Crippen molar-refractivity contribution < 1.29 is 19.2 Å². The third-order valence-electron chi connectivity index (χ3n) is 2.23. The van der Waals surface area contributed by atoms with Gasteiger partial charge in [-0.05, 0) is 33.1 Å². The van der Waals surface area contributed by atoms with Crippen LogP contribution in [0.2, 0.25) is 0 Å². The molecule has 5 nitrogen and oxygen atoms in total. The molecule has 17 heavy (non-hydrogen) atoms. The standard InChI is InChI=1S/C12H19NO4/c1-8-5-6-9(7-8)10(14)17-13-11(15)16-12(2,3)4/h5-6,8-9H,7H2,1-4H3,(H,13,15)/t8-,9+/m0/s1. The van der Waals surface area contributed by atoms with E-state index in [1.807, 2.05) is 18.5 Å². The highest BCUT2D eigenvalue weighted by Gasteiger charge is 2.25. The summed E-state index contributed by atoms with van der Waals surface area (Å²) < 4.78 is 4.93. The number of ether oxygens (including phenoxy) is 1. The number of hydrogen-bond donors (Lipinski definition) is 1. The van der Waals surface area contributed by atoms with Crippen LogP contribution in [0.25, 0.3) is 0 Å². The zero-order chi connectivity index (χ0) is 13.1. The predicted octanol–water partition coefficient (Wildman–Crippen LogP) is 2.18. The molecular weight excluding hydrogens is 222 g/mol. The number of amides is 1. The SMILES string of the molecule is C[C@H]1C=C[C@@H](C(=O)ONC(=O)OC(C)(C)C)C1. The Morgan fingerprint density at radius 2 is 1.94 bits per heavy atom. The first-order valence-corrected chi connectivity index (χ1v) is 5.66. The second-order valence-corrected chi connectivity index (χ2v) is 5.23. The van der Waals surface area contributed by atoms with Crippen LogP contribution in [0.15, 0.2) is 12.2 Å². The van der Waals surface area contributed by atoms with Crippen LogP contribution in [0.1, 0.15) is 34.1 Å². The van der Waals surface area contributed by atoms with Gasteiger partial charge in [-0.2, -0.15) is 0 Å². The summed E-state index contributed by atoms with van der Waals surface area (Å²) in [5, 5.41) is 0. The maximum atomic E-state index is 11.5. The Hall–Kier alpha value is -1.52. The summed E-state index contributed by atoms with van der Waals surface area (Å²) >= 11 is 0. The van der Waals surface area contributed by atoms with Crippen molar-refractivity contribution in [2.75, 3.05) is 0 Å². The van der Waals surface area contributed by atoms with E-state index in [0.29, 0.717) is 5.92 Å². The smallest absolute Gasteiger partial charge is 0.441 e. The first-order chi connectivity index (χ1) is 7.78. The van der Waals surface area contributed by atoms with Crippen LogP contribution in [-0.2, 0) is 14.4 Å². The minimum Gasteiger partial charge on any atom is -0.442 e. The highest BCUT2D eigenvalue weighted by molar-refractivity contribution is 5.77. The summed E-state index contributed by atoms with van der Waals surface area (Å²) in [5.74, 6) is -0.370. The van der Waals surface area contributed by atoms with Crippen LogP contribution >= 0.6 is 0 Å². The molecule has 0 aromatic rings. The van der Waals surface area contributed by atoms with Crippen molar-refractivity contribution in [3.05, 3.63) is 12.2 Å². The molecule has 0 aromatic heterocycles. The highest BCUT2D eigenvalue weighted by atomic mass is 16.7. The van der Waals surface area contributed by atoms with Gasteiger partial charge < -0.3 is 9.57 Å². The quantitative estimate of drug-likeness (QED) is 0.564. The molecule has 2 atom stereocenters. The lowest BCUT2D eigenvalue weighted by Crippen LogP contribution is -2.35. The molecule has 1 rings (SSSR count). The molecule has 0 heterocycles. The van der Waals surface area contributed by atoms with Crippen molar-refractivity contribution in [1.29, 1.82) is 0 Å². The molecule has 0 fully saturated rings. The minimum atomic E-state index is -0.763. The number of hydrogen-bond acceptors (Lipinski definition) is 4. The lowest BCUT2D eigenvalue weighted by atomic mass is 10.1. The molecule has 5 heteroatoms. The third kappa shape index (κ3) is 4.89. The Bertz CT molecular complexity index is 330. The van der Waals surface area contributed by atoms with Crippen molar-refractivity contribution in [2.45, 2.75) is 39.7 Å². The maximum absolute atomic E-state index is 11.5. The van der Waals surface area contributed by atoms with Crippen LogP contribution in [0.3, 0.4) is 0 Å². The molecule has 0 aromatic carbocycles. The number of carbonyl (C=O) groups excluding carboxylic acids is 2. The van der Waals surface area contributed by atoms with Crippen molar-refractivity contribution in [2.24, 2.45) is 11.8 Å². The van der Waals surface area contributed by atoms with Crippen LogP contribution in [0.4, 0.5) is 4.79 Å². The molecule has 0 aliphatic heterocycles. The number of carbonyl (C=O) groups is 2. The fourth-order valence-corrected chi connectivity index (χ4v) is 1.52. The van der Waals surface area contributed by atoms with Gasteiger partial charge in [0.05, 0.1) is 5.92 Å². The molecule has 1 N–H and O–H groups in total. The van der Waals surface area contributed by atoms with Gasteiger partial charge >= 0.3 is 12.1 Å². The van der Waals surface area contributed by atoms with Crippen LogP contribution in [-0.4, -0.2) is 17.7 Å². The molecular formula is C12H19NO4. The summed E-state index contributed by atoms with van der Waals surface area (Å²) in [7, 11) is 0. The van der Waals surface area contributed by atoms with E-state index in [1.54, 1.807) is 26.8 Å². The third-order valence-corrected chi connectivity index (χ3v) is 2.23. The number of nitrogens with one attached hydrogen (secondary N) is 1. The molecule has 0 bridgehead atoms. The molecule has 1 aliphatic rings. The average Bonchev–Trinajstić information content (AvgIpc) is 2.58. The van der Waals surface area contributed by atoms with Crippen molar-refractivity contribution >= 4 is 12.1 Å². The first-order valence-electron chi connectivity index (χ1n) is 5.66. The van der Waals surface area contributed by atoms with Gasteiger partial charge in [-0.15, -0.1) is 5.48 Å². The summed E-state index contributed by atoms with van der Waals surface area (Å²) in [6.07, 6.45) is 3.71. The second-order valence-electron chi connectivity index (χ2n) is 5.23. The predicted molar refractivity (Wildman–Crippen MR) is 61.9 cm³/mol. The summed E-state index contributed by atoms with van der Waals surface area (Å²) in [5.41, 5.74) is 1.37. The first kappa shape index (κ1) is 13.5. The van der Waals surface area contributed by atoms with E-state index in [4.69, 9.17) is 4.74 Å². The van der Waals surface area contributed by atoms with Crippen LogP contribution in [0.5, 0.6) is 0 Å². The van der Waals surface area contributed by atoms with Crippen molar-refractivity contribution in [3.8, 4) is 0 Å². The Balaban J connectivity index is 2.29. The fraction of sp³-hybridized carbons (Fsp3) is 0.667. The Morgan fingerprint density at radius 1 is 1.29 bits per heavy atom. The Morgan fingerprint density at radius 3 is 2.41 bits per heavy atom. The van der Waals surface area contributed by atoms with Gasteiger partial charge in [0.2, 0.25) is 0 Å². The van der Waals surface area contributed by atoms with Gasteiger partial charge in [-0.25, -0.2) is 9.59 Å². The molecule has 0 saturated heterocycles. The molecule has 96 valence electrons. The van der Waals surface area contributed by atoms with E-state index in [2.05, 4.69) is 4.84 Å². The molecule has 0 unspecified atom stereocenters. The lowest BCUT2D eigenvalue weighted by molar-refractivity contribution is -0.153. The molecule has 1 aliphatic carbocycles. The lowest BCUT2D eigenvalue weighted by Gasteiger charge is -2.19. The largest absolute Gasteiger partial charge is 0.442 e. The van der Waals surface area contributed by atoms with E-state index in [-0.39, 0.29) is 5.92 Å². The van der Waals surface area contributed by atoms with Gasteiger partial charge in [-0.3, -0.25) is 0 Å². The molecule has 0 saturated carbocycles.